The number of halogens is 1. The summed E-state index contributed by atoms with van der Waals surface area (Å²) in [6.45, 7) is 6.61. The Morgan fingerprint density at radius 3 is 2.75 bits per heavy atom. The van der Waals surface area contributed by atoms with Gasteiger partial charge in [0.15, 0.2) is 0 Å². The zero-order valence-electron chi connectivity index (χ0n) is 14.1. The van der Waals surface area contributed by atoms with Crippen LogP contribution in [0.25, 0.3) is 0 Å². The number of benzene rings is 1. The van der Waals surface area contributed by atoms with Gasteiger partial charge < -0.3 is 9.64 Å². The smallest absolute Gasteiger partial charge is 0.242 e. The van der Waals surface area contributed by atoms with E-state index in [1.54, 1.807) is 6.07 Å². The van der Waals surface area contributed by atoms with Gasteiger partial charge in [-0.15, -0.1) is 0 Å². The molecular weight excluding hydrogens is 396 g/mol. The summed E-state index contributed by atoms with van der Waals surface area (Å²) in [4.78, 5) is 13.5. The molecule has 1 aliphatic rings. The molecule has 1 amide bonds. The van der Waals surface area contributed by atoms with E-state index in [0.29, 0.717) is 36.2 Å². The standard InChI is InChI=1S/C16H23BrN2O4S/c1-11(2)23-8-4-6-18-24(21,22)15-10-14(17)9-13-5-7-19(12(3)20)16(13)15/h9-11,18H,4-8H2,1-3H3. The number of rotatable bonds is 7. The highest BCUT2D eigenvalue weighted by Gasteiger charge is 2.31. The van der Waals surface area contributed by atoms with Crippen LogP contribution in [0, 0.1) is 0 Å². The predicted octanol–water partition coefficient (Wildman–Crippen LogP) is 2.45. The Labute approximate surface area is 151 Å². The molecule has 1 N–H and O–H groups in total. The number of nitrogens with zero attached hydrogens (tertiary/aromatic N) is 1. The third-order valence-electron chi connectivity index (χ3n) is 3.73. The second-order valence-electron chi connectivity index (χ2n) is 6.00. The molecule has 0 atom stereocenters. The molecule has 1 aliphatic heterocycles. The topological polar surface area (TPSA) is 75.7 Å². The van der Waals surface area contributed by atoms with Gasteiger partial charge in [0, 0.05) is 31.1 Å². The number of carbonyl (C=O) groups is 1. The van der Waals surface area contributed by atoms with E-state index < -0.39 is 10.0 Å². The van der Waals surface area contributed by atoms with Crippen molar-refractivity contribution in [1.82, 2.24) is 4.72 Å². The minimum Gasteiger partial charge on any atom is -0.379 e. The lowest BCUT2D eigenvalue weighted by Gasteiger charge is -2.19. The van der Waals surface area contributed by atoms with Crippen LogP contribution in [0.5, 0.6) is 0 Å². The summed E-state index contributed by atoms with van der Waals surface area (Å²) in [6, 6.07) is 3.42. The Morgan fingerprint density at radius 1 is 1.42 bits per heavy atom. The molecule has 1 aromatic carbocycles. The van der Waals surface area contributed by atoms with E-state index in [1.807, 2.05) is 19.9 Å². The van der Waals surface area contributed by atoms with Crippen molar-refractivity contribution in [2.45, 2.75) is 44.6 Å². The number of fused-ring (bicyclic) bond motifs is 1. The Morgan fingerprint density at radius 2 is 2.12 bits per heavy atom. The Hall–Kier alpha value is -0.960. The summed E-state index contributed by atoms with van der Waals surface area (Å²) in [7, 11) is -3.70. The van der Waals surface area contributed by atoms with Crippen molar-refractivity contribution in [2.24, 2.45) is 0 Å². The van der Waals surface area contributed by atoms with Gasteiger partial charge in [0.05, 0.1) is 11.8 Å². The summed E-state index contributed by atoms with van der Waals surface area (Å²) in [5.74, 6) is -0.155. The van der Waals surface area contributed by atoms with Gasteiger partial charge in [-0.25, -0.2) is 13.1 Å². The first-order chi connectivity index (χ1) is 11.2. The first kappa shape index (κ1) is 19.4. The fourth-order valence-corrected chi connectivity index (χ4v) is 4.67. The third-order valence-corrected chi connectivity index (χ3v) is 5.66. The summed E-state index contributed by atoms with van der Waals surface area (Å²) in [5.41, 5.74) is 1.36. The number of ether oxygens (including phenoxy) is 1. The first-order valence-corrected chi connectivity index (χ1v) is 10.2. The maximum atomic E-state index is 12.7. The molecule has 0 saturated carbocycles. The molecule has 2 rings (SSSR count). The van der Waals surface area contributed by atoms with E-state index in [0.717, 1.165) is 5.56 Å². The predicted molar refractivity (Wildman–Crippen MR) is 96.8 cm³/mol. The molecule has 6 nitrogen and oxygen atoms in total. The number of anilines is 1. The van der Waals surface area contributed by atoms with Crippen molar-refractivity contribution in [3.05, 3.63) is 22.2 Å². The van der Waals surface area contributed by atoms with Crippen LogP contribution >= 0.6 is 15.9 Å². The molecule has 1 aromatic rings. The van der Waals surface area contributed by atoms with Gasteiger partial charge in [-0.1, -0.05) is 15.9 Å². The quantitative estimate of drug-likeness (QED) is 0.689. The molecule has 8 heteroatoms. The van der Waals surface area contributed by atoms with E-state index in [4.69, 9.17) is 4.74 Å². The van der Waals surface area contributed by atoms with Crippen LogP contribution in [0.1, 0.15) is 32.8 Å². The SMILES string of the molecule is CC(=O)N1CCc2cc(Br)cc(S(=O)(=O)NCCCOC(C)C)c21. The van der Waals surface area contributed by atoms with Crippen LogP contribution in [0.15, 0.2) is 21.5 Å². The van der Waals surface area contributed by atoms with Gasteiger partial charge >= 0.3 is 0 Å². The lowest BCUT2D eigenvalue weighted by atomic mass is 10.2. The van der Waals surface area contributed by atoms with Crippen molar-refractivity contribution in [3.8, 4) is 0 Å². The molecule has 24 heavy (non-hydrogen) atoms. The van der Waals surface area contributed by atoms with Gasteiger partial charge in [0.2, 0.25) is 15.9 Å². The van der Waals surface area contributed by atoms with E-state index in [9.17, 15) is 13.2 Å². The number of hydrogen-bond donors (Lipinski definition) is 1. The lowest BCUT2D eigenvalue weighted by molar-refractivity contribution is -0.116. The zero-order valence-corrected chi connectivity index (χ0v) is 16.5. The fourth-order valence-electron chi connectivity index (χ4n) is 2.66. The van der Waals surface area contributed by atoms with Gasteiger partial charge in [0.1, 0.15) is 4.90 Å². The average molecular weight is 419 g/mol. The summed E-state index contributed by atoms with van der Waals surface area (Å²) in [6.07, 6.45) is 1.36. The number of nitrogens with one attached hydrogen (secondary N) is 1. The second kappa shape index (κ2) is 7.95. The molecule has 0 aromatic heterocycles. The van der Waals surface area contributed by atoms with Crippen LogP contribution in [-0.4, -0.2) is 40.1 Å². The third kappa shape index (κ3) is 4.56. The normalized spacial score (nSPS) is 14.3. The monoisotopic (exact) mass is 418 g/mol. The lowest BCUT2D eigenvalue weighted by Crippen LogP contribution is -2.30. The van der Waals surface area contributed by atoms with E-state index >= 15 is 0 Å². The maximum absolute atomic E-state index is 12.7. The second-order valence-corrected chi connectivity index (χ2v) is 8.65. The highest BCUT2D eigenvalue weighted by atomic mass is 79.9. The molecule has 134 valence electrons. The molecule has 1 heterocycles. The van der Waals surface area contributed by atoms with Crippen molar-refractivity contribution in [1.29, 1.82) is 0 Å². The number of amides is 1. The van der Waals surface area contributed by atoms with E-state index in [-0.39, 0.29) is 23.5 Å². The zero-order chi connectivity index (χ0) is 17.9. The summed E-state index contributed by atoms with van der Waals surface area (Å²) < 4.78 is 34.1. The highest BCUT2D eigenvalue weighted by Crippen LogP contribution is 2.37. The van der Waals surface area contributed by atoms with Crippen molar-refractivity contribution in [2.75, 3.05) is 24.6 Å². The molecule has 0 bridgehead atoms. The number of sulfonamides is 1. The Bertz CT molecular complexity index is 719. The summed E-state index contributed by atoms with van der Waals surface area (Å²) in [5, 5.41) is 0. The molecule has 0 radical (unpaired) electrons. The van der Waals surface area contributed by atoms with Crippen molar-refractivity contribution < 1.29 is 17.9 Å². The van der Waals surface area contributed by atoms with Crippen LogP contribution in [0.2, 0.25) is 0 Å². The summed E-state index contributed by atoms with van der Waals surface area (Å²) >= 11 is 3.36. The van der Waals surface area contributed by atoms with Crippen LogP contribution in [0.4, 0.5) is 5.69 Å². The Balaban J connectivity index is 2.20. The largest absolute Gasteiger partial charge is 0.379 e. The average Bonchev–Trinajstić information content (AvgIpc) is 2.89. The van der Waals surface area contributed by atoms with Crippen LogP contribution < -0.4 is 9.62 Å². The Kier molecular flexibility index (Phi) is 6.41. The first-order valence-electron chi connectivity index (χ1n) is 7.94. The van der Waals surface area contributed by atoms with E-state index in [1.165, 1.54) is 11.8 Å². The van der Waals surface area contributed by atoms with Gasteiger partial charge in [-0.3, -0.25) is 4.79 Å². The van der Waals surface area contributed by atoms with E-state index in [2.05, 4.69) is 20.7 Å². The van der Waals surface area contributed by atoms with Gasteiger partial charge in [0.25, 0.3) is 0 Å². The molecule has 0 fully saturated rings. The highest BCUT2D eigenvalue weighted by molar-refractivity contribution is 9.10. The molecule has 0 aliphatic carbocycles. The van der Waals surface area contributed by atoms with Crippen molar-refractivity contribution in [3.63, 3.8) is 0 Å². The van der Waals surface area contributed by atoms with Gasteiger partial charge in [-0.05, 0) is 44.4 Å². The van der Waals surface area contributed by atoms with Gasteiger partial charge in [-0.2, -0.15) is 0 Å². The van der Waals surface area contributed by atoms with Crippen LogP contribution in [0.3, 0.4) is 0 Å². The minimum atomic E-state index is -3.70. The fraction of sp³-hybridized carbons (Fsp3) is 0.562. The van der Waals surface area contributed by atoms with Crippen molar-refractivity contribution >= 4 is 37.5 Å². The molecular formula is C16H23BrN2O4S. The number of hydrogen-bond acceptors (Lipinski definition) is 4. The number of carbonyl (C=O) groups excluding carboxylic acids is 1. The van der Waals surface area contributed by atoms with Crippen LogP contribution in [-0.2, 0) is 26.0 Å². The maximum Gasteiger partial charge on any atom is 0.242 e. The molecule has 0 unspecified atom stereocenters. The molecule has 0 saturated heterocycles. The molecule has 0 spiro atoms. The minimum absolute atomic E-state index is 0.124.